The lowest BCUT2D eigenvalue weighted by Gasteiger charge is -1.95. The first-order chi connectivity index (χ1) is 4.81. The molecule has 0 spiro atoms. The largest absolute Gasteiger partial charge is 0.353 e. The first-order valence-corrected chi connectivity index (χ1v) is 3.38. The normalized spacial score (nSPS) is 9.70. The van der Waals surface area contributed by atoms with E-state index in [9.17, 15) is 4.79 Å². The highest BCUT2D eigenvalue weighted by atomic mass is 16.1. The van der Waals surface area contributed by atoms with Gasteiger partial charge in [0.2, 0.25) is 5.91 Å². The molecule has 0 aromatic carbocycles. The smallest absolute Gasteiger partial charge is 0.243 e. The average molecular weight is 139 g/mol. The van der Waals surface area contributed by atoms with Crippen molar-refractivity contribution < 1.29 is 4.79 Å². The number of carbonyl (C=O) groups is 1. The standard InChI is InChI=1S/C8H13NO/c1-3-5-6-8(10)9-7-4-2/h3,5-6H,1,4,7H2,2H3,(H,9,10). The predicted molar refractivity (Wildman–Crippen MR) is 42.6 cm³/mol. The molecule has 2 nitrogen and oxygen atoms in total. The van der Waals surface area contributed by atoms with E-state index < -0.39 is 0 Å². The van der Waals surface area contributed by atoms with Crippen molar-refractivity contribution in [3.8, 4) is 0 Å². The maximum absolute atomic E-state index is 10.7. The summed E-state index contributed by atoms with van der Waals surface area (Å²) in [4.78, 5) is 10.7. The fourth-order valence-electron chi connectivity index (χ4n) is 0.463. The van der Waals surface area contributed by atoms with Crippen molar-refractivity contribution in [3.63, 3.8) is 0 Å². The molecule has 0 aromatic heterocycles. The zero-order valence-electron chi connectivity index (χ0n) is 6.26. The van der Waals surface area contributed by atoms with Gasteiger partial charge in [-0.2, -0.15) is 0 Å². The number of amides is 1. The second-order valence-electron chi connectivity index (χ2n) is 1.89. The first-order valence-electron chi connectivity index (χ1n) is 3.38. The lowest BCUT2D eigenvalue weighted by atomic mass is 10.4. The lowest BCUT2D eigenvalue weighted by Crippen LogP contribution is -2.21. The SMILES string of the molecule is C=CC=CC(=O)NCCC. The van der Waals surface area contributed by atoms with E-state index in [4.69, 9.17) is 0 Å². The molecular weight excluding hydrogens is 126 g/mol. The summed E-state index contributed by atoms with van der Waals surface area (Å²) in [6, 6.07) is 0. The predicted octanol–water partition coefficient (Wildman–Crippen LogP) is 1.25. The molecule has 0 unspecified atom stereocenters. The van der Waals surface area contributed by atoms with Crippen LogP contribution in [0.25, 0.3) is 0 Å². The van der Waals surface area contributed by atoms with Crippen LogP contribution in [0.3, 0.4) is 0 Å². The summed E-state index contributed by atoms with van der Waals surface area (Å²) >= 11 is 0. The van der Waals surface area contributed by atoms with E-state index in [2.05, 4.69) is 11.9 Å². The Hall–Kier alpha value is -1.05. The molecule has 0 bridgehead atoms. The minimum absolute atomic E-state index is 0.0539. The van der Waals surface area contributed by atoms with Gasteiger partial charge in [0.05, 0.1) is 0 Å². The van der Waals surface area contributed by atoms with E-state index in [0.717, 1.165) is 13.0 Å². The zero-order chi connectivity index (χ0) is 7.82. The molecule has 1 N–H and O–H groups in total. The molecule has 0 heterocycles. The maximum atomic E-state index is 10.7. The van der Waals surface area contributed by atoms with Crippen LogP contribution in [0.2, 0.25) is 0 Å². The van der Waals surface area contributed by atoms with Crippen LogP contribution in [0, 0.1) is 0 Å². The number of rotatable bonds is 4. The summed E-state index contributed by atoms with van der Waals surface area (Å²) < 4.78 is 0. The number of nitrogens with one attached hydrogen (secondary N) is 1. The van der Waals surface area contributed by atoms with Crippen LogP contribution < -0.4 is 5.32 Å². The van der Waals surface area contributed by atoms with Crippen LogP contribution in [0.1, 0.15) is 13.3 Å². The maximum Gasteiger partial charge on any atom is 0.243 e. The van der Waals surface area contributed by atoms with Gasteiger partial charge in [-0.25, -0.2) is 0 Å². The van der Waals surface area contributed by atoms with Gasteiger partial charge in [0.25, 0.3) is 0 Å². The molecule has 0 saturated heterocycles. The third kappa shape index (κ3) is 5.09. The highest BCUT2D eigenvalue weighted by molar-refractivity contribution is 5.87. The van der Waals surface area contributed by atoms with E-state index in [1.807, 2.05) is 6.92 Å². The zero-order valence-corrected chi connectivity index (χ0v) is 6.26. The molecule has 56 valence electrons. The summed E-state index contributed by atoms with van der Waals surface area (Å²) in [6.45, 7) is 6.19. The summed E-state index contributed by atoms with van der Waals surface area (Å²) in [5, 5.41) is 2.69. The van der Waals surface area contributed by atoms with Crippen molar-refractivity contribution in [3.05, 3.63) is 24.8 Å². The van der Waals surface area contributed by atoms with E-state index >= 15 is 0 Å². The Kier molecular flexibility index (Phi) is 5.44. The van der Waals surface area contributed by atoms with Gasteiger partial charge >= 0.3 is 0 Å². The molecule has 0 aromatic rings. The number of hydrogen-bond donors (Lipinski definition) is 1. The average Bonchev–Trinajstić information content (AvgIpc) is 1.97. The third-order valence-corrected chi connectivity index (χ3v) is 0.933. The molecule has 0 rings (SSSR count). The summed E-state index contributed by atoms with van der Waals surface area (Å²) in [5.74, 6) is -0.0539. The second-order valence-corrected chi connectivity index (χ2v) is 1.89. The van der Waals surface area contributed by atoms with E-state index in [1.165, 1.54) is 6.08 Å². The van der Waals surface area contributed by atoms with Gasteiger partial charge in [0.1, 0.15) is 0 Å². The Morgan fingerprint density at radius 1 is 1.70 bits per heavy atom. The molecular formula is C8H13NO. The van der Waals surface area contributed by atoms with Crippen LogP contribution in [0.15, 0.2) is 24.8 Å². The van der Waals surface area contributed by atoms with Crippen LogP contribution in [-0.2, 0) is 4.79 Å². The fourth-order valence-corrected chi connectivity index (χ4v) is 0.463. The number of hydrogen-bond acceptors (Lipinski definition) is 1. The minimum Gasteiger partial charge on any atom is -0.353 e. The van der Waals surface area contributed by atoms with Crippen LogP contribution in [0.4, 0.5) is 0 Å². The van der Waals surface area contributed by atoms with Crippen LogP contribution >= 0.6 is 0 Å². The lowest BCUT2D eigenvalue weighted by molar-refractivity contribution is -0.116. The molecule has 0 radical (unpaired) electrons. The number of allylic oxidation sites excluding steroid dienone is 2. The monoisotopic (exact) mass is 139 g/mol. The molecule has 0 fully saturated rings. The number of carbonyl (C=O) groups excluding carboxylic acids is 1. The second kappa shape index (κ2) is 6.08. The van der Waals surface area contributed by atoms with Crippen LogP contribution in [-0.4, -0.2) is 12.5 Å². The van der Waals surface area contributed by atoms with Gasteiger partial charge in [-0.1, -0.05) is 25.7 Å². The highest BCUT2D eigenvalue weighted by Gasteiger charge is 1.88. The Labute approximate surface area is 61.6 Å². The van der Waals surface area contributed by atoms with Gasteiger partial charge in [0.15, 0.2) is 0 Å². The molecule has 2 heteroatoms. The Morgan fingerprint density at radius 3 is 2.90 bits per heavy atom. The molecule has 0 aliphatic carbocycles. The van der Waals surface area contributed by atoms with Crippen molar-refractivity contribution in [1.82, 2.24) is 5.32 Å². The Balaban J connectivity index is 3.43. The molecule has 0 saturated carbocycles. The van der Waals surface area contributed by atoms with Gasteiger partial charge < -0.3 is 5.32 Å². The quantitative estimate of drug-likeness (QED) is 0.461. The van der Waals surface area contributed by atoms with Crippen molar-refractivity contribution in [1.29, 1.82) is 0 Å². The van der Waals surface area contributed by atoms with Crippen molar-refractivity contribution in [2.24, 2.45) is 0 Å². The van der Waals surface area contributed by atoms with Crippen molar-refractivity contribution in [2.45, 2.75) is 13.3 Å². The molecule has 10 heavy (non-hydrogen) atoms. The Morgan fingerprint density at radius 2 is 2.40 bits per heavy atom. The van der Waals surface area contributed by atoms with E-state index in [1.54, 1.807) is 12.2 Å². The van der Waals surface area contributed by atoms with Crippen molar-refractivity contribution in [2.75, 3.05) is 6.54 Å². The van der Waals surface area contributed by atoms with Gasteiger partial charge in [0, 0.05) is 12.6 Å². The summed E-state index contributed by atoms with van der Waals surface area (Å²) in [6.07, 6.45) is 5.62. The summed E-state index contributed by atoms with van der Waals surface area (Å²) in [5.41, 5.74) is 0. The fraction of sp³-hybridized carbons (Fsp3) is 0.375. The molecule has 1 amide bonds. The molecule has 0 aliphatic rings. The van der Waals surface area contributed by atoms with E-state index in [0.29, 0.717) is 0 Å². The topological polar surface area (TPSA) is 29.1 Å². The van der Waals surface area contributed by atoms with Gasteiger partial charge in [-0.05, 0) is 6.42 Å². The van der Waals surface area contributed by atoms with Crippen LogP contribution in [0.5, 0.6) is 0 Å². The summed E-state index contributed by atoms with van der Waals surface area (Å²) in [7, 11) is 0. The van der Waals surface area contributed by atoms with Gasteiger partial charge in [-0.3, -0.25) is 4.79 Å². The van der Waals surface area contributed by atoms with Gasteiger partial charge in [-0.15, -0.1) is 0 Å². The first kappa shape index (κ1) is 8.95. The third-order valence-electron chi connectivity index (χ3n) is 0.933. The molecule has 0 atom stereocenters. The van der Waals surface area contributed by atoms with E-state index in [-0.39, 0.29) is 5.91 Å². The molecule has 0 aliphatic heterocycles. The highest BCUT2D eigenvalue weighted by Crippen LogP contribution is 1.75. The van der Waals surface area contributed by atoms with Crippen molar-refractivity contribution >= 4 is 5.91 Å². The minimum atomic E-state index is -0.0539. The Bertz CT molecular complexity index is 138.